The smallest absolute Gasteiger partial charge is 0.251 e. The molecule has 2 rings (SSSR count). The van der Waals surface area contributed by atoms with Gasteiger partial charge in [-0.25, -0.2) is 0 Å². The summed E-state index contributed by atoms with van der Waals surface area (Å²) in [6, 6.07) is 7.71. The van der Waals surface area contributed by atoms with Gasteiger partial charge < -0.3 is 10.7 Å². The number of aromatic amines is 1. The molecular formula is C12H14N2O. The molecule has 0 aliphatic heterocycles. The summed E-state index contributed by atoms with van der Waals surface area (Å²) in [5.74, 6) is -0.101. The third-order valence-electron chi connectivity index (χ3n) is 2.56. The van der Waals surface area contributed by atoms with Crippen LogP contribution < -0.4 is 5.73 Å². The van der Waals surface area contributed by atoms with E-state index in [0.717, 1.165) is 16.6 Å². The lowest BCUT2D eigenvalue weighted by atomic mass is 10.0. The van der Waals surface area contributed by atoms with Gasteiger partial charge in [0.05, 0.1) is 5.56 Å². The van der Waals surface area contributed by atoms with Crippen molar-refractivity contribution < 1.29 is 4.79 Å². The number of carbonyl (C=O) groups is 1. The van der Waals surface area contributed by atoms with E-state index in [1.807, 2.05) is 38.1 Å². The molecule has 78 valence electrons. The third-order valence-corrected chi connectivity index (χ3v) is 2.56. The molecule has 1 amide bonds. The van der Waals surface area contributed by atoms with Crippen molar-refractivity contribution in [2.24, 2.45) is 5.73 Å². The molecule has 0 aliphatic rings. The summed E-state index contributed by atoms with van der Waals surface area (Å²) in [5.41, 5.74) is 7.92. The third kappa shape index (κ3) is 1.50. The van der Waals surface area contributed by atoms with Gasteiger partial charge in [0.25, 0.3) is 5.91 Å². The van der Waals surface area contributed by atoms with Gasteiger partial charge in [0.1, 0.15) is 0 Å². The Kier molecular flexibility index (Phi) is 2.23. The monoisotopic (exact) mass is 202 g/mol. The maximum atomic E-state index is 11.4. The first kappa shape index (κ1) is 9.77. The van der Waals surface area contributed by atoms with E-state index in [9.17, 15) is 4.79 Å². The molecule has 0 bridgehead atoms. The molecule has 15 heavy (non-hydrogen) atoms. The fourth-order valence-electron chi connectivity index (χ4n) is 1.86. The molecular weight excluding hydrogens is 188 g/mol. The number of benzene rings is 1. The molecule has 1 aromatic carbocycles. The van der Waals surface area contributed by atoms with Gasteiger partial charge in [0.15, 0.2) is 0 Å². The van der Waals surface area contributed by atoms with Crippen LogP contribution >= 0.6 is 0 Å². The van der Waals surface area contributed by atoms with E-state index >= 15 is 0 Å². The van der Waals surface area contributed by atoms with Crippen LogP contribution in [-0.2, 0) is 0 Å². The topological polar surface area (TPSA) is 58.9 Å². The molecule has 0 saturated heterocycles. The van der Waals surface area contributed by atoms with E-state index in [4.69, 9.17) is 5.73 Å². The van der Waals surface area contributed by atoms with E-state index < -0.39 is 0 Å². The number of para-hydroxylation sites is 1. The lowest BCUT2D eigenvalue weighted by Gasteiger charge is -2.03. The van der Waals surface area contributed by atoms with Crippen LogP contribution in [0.5, 0.6) is 0 Å². The number of hydrogen-bond donors (Lipinski definition) is 2. The summed E-state index contributed by atoms with van der Waals surface area (Å²) in [6.07, 6.45) is 0. The van der Waals surface area contributed by atoms with Crippen LogP contribution in [-0.4, -0.2) is 10.9 Å². The standard InChI is InChI=1S/C12H14N2O/c1-7(2)11-10(12(13)15)8-5-3-4-6-9(8)14-11/h3-7,14H,1-2H3,(H2,13,15). The SMILES string of the molecule is CC(C)c1[nH]c2ccccc2c1C(N)=O. The second kappa shape index (κ2) is 3.42. The minimum Gasteiger partial charge on any atom is -0.366 e. The van der Waals surface area contributed by atoms with Gasteiger partial charge in [0, 0.05) is 16.6 Å². The number of carbonyl (C=O) groups excluding carboxylic acids is 1. The zero-order chi connectivity index (χ0) is 11.0. The Bertz CT molecular complexity index is 511. The summed E-state index contributed by atoms with van der Waals surface area (Å²) in [5, 5.41) is 0.911. The Balaban J connectivity index is 2.80. The number of amides is 1. The van der Waals surface area contributed by atoms with Crippen molar-refractivity contribution in [1.29, 1.82) is 0 Å². The van der Waals surface area contributed by atoms with Gasteiger partial charge in [-0.05, 0) is 12.0 Å². The normalized spacial score (nSPS) is 11.1. The maximum absolute atomic E-state index is 11.4. The first-order chi connectivity index (χ1) is 7.11. The van der Waals surface area contributed by atoms with Gasteiger partial charge >= 0.3 is 0 Å². The Labute approximate surface area is 88.3 Å². The van der Waals surface area contributed by atoms with E-state index in [1.165, 1.54) is 0 Å². The molecule has 1 heterocycles. The van der Waals surface area contributed by atoms with Gasteiger partial charge in [0.2, 0.25) is 0 Å². The second-order valence-electron chi connectivity index (χ2n) is 3.98. The number of hydrogen-bond acceptors (Lipinski definition) is 1. The highest BCUT2D eigenvalue weighted by molar-refractivity contribution is 6.07. The molecule has 0 radical (unpaired) electrons. The Morgan fingerprint density at radius 3 is 2.60 bits per heavy atom. The van der Waals surface area contributed by atoms with Crippen molar-refractivity contribution in [2.45, 2.75) is 19.8 Å². The van der Waals surface area contributed by atoms with Crippen LogP contribution in [0.3, 0.4) is 0 Å². The Hall–Kier alpha value is -1.77. The number of rotatable bonds is 2. The van der Waals surface area contributed by atoms with E-state index in [2.05, 4.69) is 4.98 Å². The molecule has 1 aromatic heterocycles. The van der Waals surface area contributed by atoms with Gasteiger partial charge in [-0.15, -0.1) is 0 Å². The highest BCUT2D eigenvalue weighted by atomic mass is 16.1. The Morgan fingerprint density at radius 1 is 1.33 bits per heavy atom. The molecule has 3 heteroatoms. The van der Waals surface area contributed by atoms with Gasteiger partial charge in [-0.3, -0.25) is 4.79 Å². The lowest BCUT2D eigenvalue weighted by molar-refractivity contribution is 0.100. The molecule has 0 fully saturated rings. The van der Waals surface area contributed by atoms with E-state index in [0.29, 0.717) is 5.56 Å². The first-order valence-electron chi connectivity index (χ1n) is 5.01. The van der Waals surface area contributed by atoms with Crippen LogP contribution in [0.15, 0.2) is 24.3 Å². The minimum atomic E-state index is -0.365. The molecule has 0 saturated carbocycles. The highest BCUT2D eigenvalue weighted by Crippen LogP contribution is 2.26. The first-order valence-corrected chi connectivity index (χ1v) is 5.01. The molecule has 0 aliphatic carbocycles. The zero-order valence-corrected chi connectivity index (χ0v) is 8.87. The number of nitrogens with one attached hydrogen (secondary N) is 1. The number of fused-ring (bicyclic) bond motifs is 1. The Morgan fingerprint density at radius 2 is 2.00 bits per heavy atom. The fourth-order valence-corrected chi connectivity index (χ4v) is 1.86. The van der Waals surface area contributed by atoms with E-state index in [1.54, 1.807) is 0 Å². The lowest BCUT2D eigenvalue weighted by Crippen LogP contribution is -2.13. The molecule has 0 atom stereocenters. The fraction of sp³-hybridized carbons (Fsp3) is 0.250. The van der Waals surface area contributed by atoms with Crippen molar-refractivity contribution in [2.75, 3.05) is 0 Å². The largest absolute Gasteiger partial charge is 0.366 e. The van der Waals surface area contributed by atoms with E-state index in [-0.39, 0.29) is 11.8 Å². The molecule has 0 unspecified atom stereocenters. The van der Waals surface area contributed by atoms with Crippen LogP contribution in [0.2, 0.25) is 0 Å². The van der Waals surface area contributed by atoms with Crippen molar-refractivity contribution in [3.05, 3.63) is 35.5 Å². The molecule has 3 nitrogen and oxygen atoms in total. The summed E-state index contributed by atoms with van der Waals surface area (Å²) < 4.78 is 0. The van der Waals surface area contributed by atoms with Gasteiger partial charge in [-0.1, -0.05) is 32.0 Å². The predicted octanol–water partition coefficient (Wildman–Crippen LogP) is 2.39. The van der Waals surface area contributed by atoms with Crippen molar-refractivity contribution >= 4 is 16.8 Å². The summed E-state index contributed by atoms with van der Waals surface area (Å²) in [7, 11) is 0. The molecule has 2 aromatic rings. The van der Waals surface area contributed by atoms with Crippen molar-refractivity contribution in [3.63, 3.8) is 0 Å². The number of aromatic nitrogens is 1. The summed E-state index contributed by atoms with van der Waals surface area (Å²) >= 11 is 0. The second-order valence-corrected chi connectivity index (χ2v) is 3.98. The van der Waals surface area contributed by atoms with Crippen LogP contribution in [0.25, 0.3) is 10.9 Å². The number of primary amides is 1. The van der Waals surface area contributed by atoms with Crippen LogP contribution in [0.1, 0.15) is 35.8 Å². The number of nitrogens with two attached hydrogens (primary N) is 1. The average Bonchev–Trinajstić information content (AvgIpc) is 2.56. The maximum Gasteiger partial charge on any atom is 0.251 e. The van der Waals surface area contributed by atoms with Crippen LogP contribution in [0, 0.1) is 0 Å². The summed E-state index contributed by atoms with van der Waals surface area (Å²) in [6.45, 7) is 4.08. The summed E-state index contributed by atoms with van der Waals surface area (Å²) in [4.78, 5) is 14.6. The van der Waals surface area contributed by atoms with Gasteiger partial charge in [-0.2, -0.15) is 0 Å². The molecule has 3 N–H and O–H groups in total. The average molecular weight is 202 g/mol. The van der Waals surface area contributed by atoms with Crippen LogP contribution in [0.4, 0.5) is 0 Å². The van der Waals surface area contributed by atoms with Crippen molar-refractivity contribution in [3.8, 4) is 0 Å². The van der Waals surface area contributed by atoms with Crippen molar-refractivity contribution in [1.82, 2.24) is 4.98 Å². The minimum absolute atomic E-state index is 0.264. The highest BCUT2D eigenvalue weighted by Gasteiger charge is 2.17. The predicted molar refractivity (Wildman–Crippen MR) is 60.9 cm³/mol. The zero-order valence-electron chi connectivity index (χ0n) is 8.87. The quantitative estimate of drug-likeness (QED) is 0.771. The molecule has 0 spiro atoms. The number of H-pyrrole nitrogens is 1.